The molecule has 3 rings (SSSR count). The highest BCUT2D eigenvalue weighted by atomic mass is 32.2. The molecule has 1 amide bonds. The summed E-state index contributed by atoms with van der Waals surface area (Å²) >= 11 is 0. The Hall–Kier alpha value is -2.74. The Bertz CT molecular complexity index is 1240. The number of hydrogen-bond donors (Lipinski definition) is 3. The molecule has 0 spiro atoms. The van der Waals surface area contributed by atoms with Gasteiger partial charge in [-0.15, -0.1) is 0 Å². The summed E-state index contributed by atoms with van der Waals surface area (Å²) < 4.78 is 27.2. The topological polar surface area (TPSA) is 98.7 Å². The van der Waals surface area contributed by atoms with Crippen molar-refractivity contribution in [2.24, 2.45) is 11.3 Å². The fourth-order valence-corrected chi connectivity index (χ4v) is 5.66. The second-order valence-electron chi connectivity index (χ2n) is 11.3. The number of nitrogens with one attached hydrogen (secondary N) is 2. The van der Waals surface area contributed by atoms with E-state index in [1.165, 1.54) is 23.6 Å². The molecule has 7 nitrogen and oxygen atoms in total. The summed E-state index contributed by atoms with van der Waals surface area (Å²) in [5.74, 6) is 0.231. The zero-order valence-corrected chi connectivity index (χ0v) is 23.5. The van der Waals surface area contributed by atoms with Crippen LogP contribution in [0.25, 0.3) is 0 Å². The van der Waals surface area contributed by atoms with Gasteiger partial charge in [-0.05, 0) is 78.8 Å². The lowest BCUT2D eigenvalue weighted by molar-refractivity contribution is 0.0933. The first kappa shape index (κ1) is 27.8. The molecule has 0 atom stereocenters. The van der Waals surface area contributed by atoms with Crippen LogP contribution in [0.15, 0.2) is 24.3 Å². The van der Waals surface area contributed by atoms with E-state index in [9.17, 15) is 18.3 Å². The number of phenolic OH excluding ortho intramolecular Hbond substituents is 1. The molecule has 0 fully saturated rings. The van der Waals surface area contributed by atoms with Gasteiger partial charge in [0, 0.05) is 25.3 Å². The van der Waals surface area contributed by atoms with Crippen molar-refractivity contribution in [2.45, 2.75) is 60.8 Å². The fourth-order valence-electron chi connectivity index (χ4n) is 4.98. The minimum atomic E-state index is -3.44. The highest BCUT2D eigenvalue weighted by molar-refractivity contribution is 7.92. The number of anilines is 2. The Balaban J connectivity index is 1.96. The molecule has 0 saturated heterocycles. The van der Waals surface area contributed by atoms with Crippen LogP contribution in [-0.2, 0) is 22.9 Å². The average Bonchev–Trinajstić information content (AvgIpc) is 3.20. The maximum atomic E-state index is 12.7. The smallest absolute Gasteiger partial charge is 0.255 e. The second kappa shape index (κ2) is 10.7. The van der Waals surface area contributed by atoms with Crippen LogP contribution in [0, 0.1) is 25.2 Å². The van der Waals surface area contributed by atoms with E-state index in [4.69, 9.17) is 0 Å². The maximum Gasteiger partial charge on any atom is 0.255 e. The molecule has 1 heterocycles. The molecule has 1 aliphatic heterocycles. The van der Waals surface area contributed by atoms with Crippen LogP contribution in [0.5, 0.6) is 5.75 Å². The molecule has 2 aromatic carbocycles. The number of amides is 1. The molecule has 0 radical (unpaired) electrons. The van der Waals surface area contributed by atoms with Crippen molar-refractivity contribution in [1.29, 1.82) is 0 Å². The lowest BCUT2D eigenvalue weighted by Crippen LogP contribution is -2.36. The van der Waals surface area contributed by atoms with Crippen molar-refractivity contribution in [3.63, 3.8) is 0 Å². The fraction of sp³-hybridized carbons (Fsp3) is 0.536. The first-order valence-corrected chi connectivity index (χ1v) is 14.5. The molecule has 3 N–H and O–H groups in total. The van der Waals surface area contributed by atoms with E-state index in [-0.39, 0.29) is 22.6 Å². The van der Waals surface area contributed by atoms with Crippen molar-refractivity contribution < 1.29 is 18.3 Å². The van der Waals surface area contributed by atoms with Gasteiger partial charge < -0.3 is 15.3 Å². The summed E-state index contributed by atoms with van der Waals surface area (Å²) in [5.41, 5.74) is 6.10. The standard InChI is InChI=1S/C28H41N3O4S/c1-18(2)12-14-31-15-13-21-19(3)25(30-36(7,34)35)20(4)23(26(21)31)16-28(5,6)17-29-27(33)22-10-8-9-11-24(22)32/h8-11,18,30,32H,12-17H2,1-7H3,(H,29,33). The summed E-state index contributed by atoms with van der Waals surface area (Å²) in [6, 6.07) is 6.51. The van der Waals surface area contributed by atoms with Crippen LogP contribution < -0.4 is 14.9 Å². The zero-order chi connectivity index (χ0) is 26.8. The monoisotopic (exact) mass is 515 g/mol. The van der Waals surface area contributed by atoms with Gasteiger partial charge in [0.2, 0.25) is 10.0 Å². The van der Waals surface area contributed by atoms with Gasteiger partial charge in [-0.2, -0.15) is 0 Å². The van der Waals surface area contributed by atoms with Crippen LogP contribution in [-0.4, -0.2) is 45.3 Å². The van der Waals surface area contributed by atoms with Crippen molar-refractivity contribution in [1.82, 2.24) is 5.32 Å². The van der Waals surface area contributed by atoms with Crippen molar-refractivity contribution in [3.8, 4) is 5.75 Å². The zero-order valence-electron chi connectivity index (χ0n) is 22.7. The SMILES string of the molecule is Cc1c2c(c(CC(C)(C)CNC(=O)c3ccccc3O)c(C)c1NS(C)(=O)=O)N(CCC(C)C)CC2. The number of aromatic hydroxyl groups is 1. The van der Waals surface area contributed by atoms with E-state index in [2.05, 4.69) is 42.6 Å². The molecule has 0 saturated carbocycles. The normalized spacial score (nSPS) is 13.7. The number of carbonyl (C=O) groups is 1. The molecule has 8 heteroatoms. The predicted octanol–water partition coefficient (Wildman–Crippen LogP) is 4.79. The van der Waals surface area contributed by atoms with Gasteiger partial charge in [-0.25, -0.2) is 8.42 Å². The van der Waals surface area contributed by atoms with Crippen LogP contribution in [0.4, 0.5) is 11.4 Å². The van der Waals surface area contributed by atoms with Crippen LogP contribution >= 0.6 is 0 Å². The summed E-state index contributed by atoms with van der Waals surface area (Å²) in [6.07, 6.45) is 3.82. The predicted molar refractivity (Wildman–Crippen MR) is 148 cm³/mol. The highest BCUT2D eigenvalue weighted by Gasteiger charge is 2.32. The molecule has 36 heavy (non-hydrogen) atoms. The molecule has 198 valence electrons. The quantitative estimate of drug-likeness (QED) is 0.423. The van der Waals surface area contributed by atoms with Crippen molar-refractivity contribution >= 4 is 27.3 Å². The first-order chi connectivity index (χ1) is 16.7. The highest BCUT2D eigenvalue weighted by Crippen LogP contribution is 2.44. The number of hydrogen-bond acceptors (Lipinski definition) is 5. The van der Waals surface area contributed by atoms with E-state index < -0.39 is 10.0 Å². The molecular weight excluding hydrogens is 474 g/mol. The van der Waals surface area contributed by atoms with E-state index in [1.54, 1.807) is 18.2 Å². The van der Waals surface area contributed by atoms with Gasteiger partial charge in [0.05, 0.1) is 17.5 Å². The number of carbonyl (C=O) groups excluding carboxylic acids is 1. The lowest BCUT2D eigenvalue weighted by atomic mass is 9.81. The summed E-state index contributed by atoms with van der Waals surface area (Å²) in [7, 11) is -3.44. The third-order valence-electron chi connectivity index (χ3n) is 6.97. The lowest BCUT2D eigenvalue weighted by Gasteiger charge is -2.32. The Morgan fingerprint density at radius 2 is 1.83 bits per heavy atom. The summed E-state index contributed by atoms with van der Waals surface area (Å²) in [4.78, 5) is 15.2. The molecule has 0 aromatic heterocycles. The van der Waals surface area contributed by atoms with Gasteiger partial charge in [0.15, 0.2) is 0 Å². The Labute approximate surface area is 216 Å². The van der Waals surface area contributed by atoms with Gasteiger partial charge in [-0.1, -0.05) is 39.8 Å². The van der Waals surface area contributed by atoms with Crippen LogP contribution in [0.1, 0.15) is 66.7 Å². The molecule has 0 aliphatic carbocycles. The minimum absolute atomic E-state index is 0.0442. The largest absolute Gasteiger partial charge is 0.507 e. The van der Waals surface area contributed by atoms with Crippen LogP contribution in [0.3, 0.4) is 0 Å². The van der Waals surface area contributed by atoms with Gasteiger partial charge in [0.1, 0.15) is 5.75 Å². The number of sulfonamides is 1. The first-order valence-electron chi connectivity index (χ1n) is 12.6. The number of rotatable bonds is 10. The molecule has 1 aliphatic rings. The van der Waals surface area contributed by atoms with Gasteiger partial charge in [-0.3, -0.25) is 9.52 Å². The number of fused-ring (bicyclic) bond motifs is 1. The number of nitrogens with zero attached hydrogens (tertiary/aromatic N) is 1. The summed E-state index contributed by atoms with van der Waals surface area (Å²) in [6.45, 7) is 14.9. The Morgan fingerprint density at radius 1 is 1.17 bits per heavy atom. The Kier molecular flexibility index (Phi) is 8.28. The average molecular weight is 516 g/mol. The van der Waals surface area contributed by atoms with E-state index in [0.29, 0.717) is 24.6 Å². The molecule has 2 aromatic rings. The number of phenols is 1. The molecule has 0 bridgehead atoms. The van der Waals surface area contributed by atoms with E-state index >= 15 is 0 Å². The van der Waals surface area contributed by atoms with E-state index in [1.807, 2.05) is 13.8 Å². The van der Waals surface area contributed by atoms with Crippen molar-refractivity contribution in [3.05, 3.63) is 52.1 Å². The maximum absolute atomic E-state index is 12.7. The summed E-state index contributed by atoms with van der Waals surface area (Å²) in [5, 5.41) is 13.0. The third-order valence-corrected chi connectivity index (χ3v) is 7.55. The van der Waals surface area contributed by atoms with Gasteiger partial charge in [0.25, 0.3) is 5.91 Å². The van der Waals surface area contributed by atoms with Gasteiger partial charge >= 0.3 is 0 Å². The number of para-hydroxylation sites is 1. The van der Waals surface area contributed by atoms with E-state index in [0.717, 1.165) is 42.6 Å². The second-order valence-corrected chi connectivity index (χ2v) is 13.0. The molecular formula is C28H41N3O4S. The number of benzene rings is 2. The third kappa shape index (κ3) is 6.52. The van der Waals surface area contributed by atoms with Crippen molar-refractivity contribution in [2.75, 3.05) is 35.5 Å². The Morgan fingerprint density at radius 3 is 2.44 bits per heavy atom. The molecule has 0 unspecified atom stereocenters. The van der Waals surface area contributed by atoms with Crippen LogP contribution in [0.2, 0.25) is 0 Å². The minimum Gasteiger partial charge on any atom is -0.507 e.